The first kappa shape index (κ1) is 27.6. The largest absolute Gasteiger partial charge is 0.418 e. The standard InChI is InChI=1S/C26H27F3N4O4S/c27-26(28,29)19-9-2-4-11-21(19)31-23(35)16-38-25-32-20-10-3-1-8-18(20)24(36)33(25)13-5-12-22(34)30-15-17-7-6-14-37-17/h1-4,8-11,17H,5-7,12-16H2,(H,30,34)(H,31,35)/t17-/m0/s1. The molecule has 38 heavy (non-hydrogen) atoms. The third-order valence-electron chi connectivity index (χ3n) is 6.00. The van der Waals surface area contributed by atoms with Crippen molar-refractivity contribution in [2.24, 2.45) is 0 Å². The van der Waals surface area contributed by atoms with Crippen LogP contribution in [-0.2, 0) is 27.0 Å². The number of anilines is 1. The molecular weight excluding hydrogens is 521 g/mol. The quantitative estimate of drug-likeness (QED) is 0.291. The van der Waals surface area contributed by atoms with Crippen LogP contribution < -0.4 is 16.2 Å². The first-order chi connectivity index (χ1) is 18.2. The van der Waals surface area contributed by atoms with Crippen LogP contribution in [0.15, 0.2) is 58.5 Å². The number of benzene rings is 2. The highest BCUT2D eigenvalue weighted by atomic mass is 32.2. The molecule has 1 saturated heterocycles. The molecule has 0 radical (unpaired) electrons. The van der Waals surface area contributed by atoms with Gasteiger partial charge in [0.05, 0.1) is 34.0 Å². The summed E-state index contributed by atoms with van der Waals surface area (Å²) in [6.07, 6.45) is -2.15. The summed E-state index contributed by atoms with van der Waals surface area (Å²) in [7, 11) is 0. The molecule has 8 nitrogen and oxygen atoms in total. The van der Waals surface area contributed by atoms with Gasteiger partial charge in [0.1, 0.15) is 0 Å². The molecule has 0 unspecified atom stereocenters. The Labute approximate surface area is 221 Å². The normalized spacial score (nSPS) is 15.5. The fourth-order valence-corrected chi connectivity index (χ4v) is 4.96. The number of amides is 2. The van der Waals surface area contributed by atoms with Crippen molar-refractivity contribution in [3.05, 3.63) is 64.4 Å². The molecule has 12 heteroatoms. The van der Waals surface area contributed by atoms with E-state index in [0.717, 1.165) is 30.7 Å². The molecule has 0 spiro atoms. The highest BCUT2D eigenvalue weighted by Crippen LogP contribution is 2.34. The van der Waals surface area contributed by atoms with E-state index in [-0.39, 0.29) is 47.1 Å². The van der Waals surface area contributed by atoms with E-state index < -0.39 is 17.6 Å². The van der Waals surface area contributed by atoms with E-state index in [4.69, 9.17) is 4.74 Å². The van der Waals surface area contributed by atoms with E-state index in [9.17, 15) is 27.6 Å². The average molecular weight is 549 g/mol. The second kappa shape index (κ2) is 12.4. The number of para-hydroxylation sites is 2. The number of hydrogen-bond acceptors (Lipinski definition) is 6. The summed E-state index contributed by atoms with van der Waals surface area (Å²) in [4.78, 5) is 42.5. The zero-order valence-electron chi connectivity index (χ0n) is 20.4. The van der Waals surface area contributed by atoms with Gasteiger partial charge in [-0.15, -0.1) is 0 Å². The van der Waals surface area contributed by atoms with Gasteiger partial charge in [-0.2, -0.15) is 13.2 Å². The Morgan fingerprint density at radius 3 is 2.63 bits per heavy atom. The molecule has 0 bridgehead atoms. The van der Waals surface area contributed by atoms with Gasteiger partial charge in [-0.1, -0.05) is 36.0 Å². The topological polar surface area (TPSA) is 102 Å². The fraction of sp³-hybridized carbons (Fsp3) is 0.385. The summed E-state index contributed by atoms with van der Waals surface area (Å²) in [5.74, 6) is -1.09. The highest BCUT2D eigenvalue weighted by Gasteiger charge is 2.33. The van der Waals surface area contributed by atoms with E-state index in [1.54, 1.807) is 24.3 Å². The van der Waals surface area contributed by atoms with E-state index in [2.05, 4.69) is 15.6 Å². The lowest BCUT2D eigenvalue weighted by Crippen LogP contribution is -2.32. The van der Waals surface area contributed by atoms with Crippen molar-refractivity contribution >= 4 is 40.2 Å². The number of hydrogen-bond donors (Lipinski definition) is 2. The third-order valence-corrected chi connectivity index (χ3v) is 6.98. The Bertz CT molecular complexity index is 1360. The molecule has 1 atom stereocenters. The Hall–Kier alpha value is -3.38. The van der Waals surface area contributed by atoms with Crippen LogP contribution in [0.5, 0.6) is 0 Å². The Morgan fingerprint density at radius 1 is 1.11 bits per heavy atom. The number of carbonyl (C=O) groups excluding carboxylic acids is 2. The average Bonchev–Trinajstić information content (AvgIpc) is 3.41. The molecule has 1 aliphatic heterocycles. The number of carbonyl (C=O) groups is 2. The summed E-state index contributed by atoms with van der Waals surface area (Å²) in [6.45, 7) is 1.33. The molecule has 2 N–H and O–H groups in total. The lowest BCUT2D eigenvalue weighted by molar-refractivity contribution is -0.137. The van der Waals surface area contributed by atoms with Crippen molar-refractivity contribution < 1.29 is 27.5 Å². The maximum Gasteiger partial charge on any atom is 0.418 e. The van der Waals surface area contributed by atoms with E-state index in [0.29, 0.717) is 30.5 Å². The molecule has 0 saturated carbocycles. The number of thioether (sulfide) groups is 1. The summed E-state index contributed by atoms with van der Waals surface area (Å²) < 4.78 is 46.7. The molecule has 3 aromatic rings. The van der Waals surface area contributed by atoms with Crippen LogP contribution in [0.1, 0.15) is 31.2 Å². The summed E-state index contributed by atoms with van der Waals surface area (Å²) in [6, 6.07) is 11.5. The number of fused-ring (bicyclic) bond motifs is 1. The third kappa shape index (κ3) is 7.13. The molecule has 202 valence electrons. The van der Waals surface area contributed by atoms with E-state index >= 15 is 0 Å². The van der Waals surface area contributed by atoms with Gasteiger partial charge in [0, 0.05) is 26.1 Å². The first-order valence-electron chi connectivity index (χ1n) is 12.2. The minimum absolute atomic E-state index is 0.0310. The van der Waals surface area contributed by atoms with Crippen molar-refractivity contribution in [2.75, 3.05) is 24.2 Å². The molecular formula is C26H27F3N4O4S. The van der Waals surface area contributed by atoms with Gasteiger partial charge in [-0.05, 0) is 43.5 Å². The van der Waals surface area contributed by atoms with Crippen LogP contribution in [0.2, 0.25) is 0 Å². The Morgan fingerprint density at radius 2 is 1.87 bits per heavy atom. The van der Waals surface area contributed by atoms with Gasteiger partial charge >= 0.3 is 6.18 Å². The van der Waals surface area contributed by atoms with Gasteiger partial charge < -0.3 is 15.4 Å². The second-order valence-electron chi connectivity index (χ2n) is 8.79. The number of nitrogens with one attached hydrogen (secondary N) is 2. The maximum absolute atomic E-state index is 13.3. The van der Waals surface area contributed by atoms with Gasteiger partial charge in [-0.25, -0.2) is 4.98 Å². The monoisotopic (exact) mass is 548 g/mol. The number of halogens is 3. The minimum atomic E-state index is -4.62. The Kier molecular flexibility index (Phi) is 9.05. The van der Waals surface area contributed by atoms with Crippen LogP contribution in [0.4, 0.5) is 18.9 Å². The molecule has 1 aliphatic rings. The highest BCUT2D eigenvalue weighted by molar-refractivity contribution is 7.99. The predicted molar refractivity (Wildman–Crippen MR) is 138 cm³/mol. The predicted octanol–water partition coefficient (Wildman–Crippen LogP) is 4.22. The number of alkyl halides is 3. The van der Waals surface area contributed by atoms with Crippen LogP contribution in [0.25, 0.3) is 10.9 Å². The van der Waals surface area contributed by atoms with Gasteiger partial charge in [0.25, 0.3) is 5.56 Å². The molecule has 0 aliphatic carbocycles. The number of rotatable bonds is 10. The van der Waals surface area contributed by atoms with E-state index in [1.165, 1.54) is 22.8 Å². The summed E-state index contributed by atoms with van der Waals surface area (Å²) >= 11 is 0.944. The maximum atomic E-state index is 13.3. The zero-order valence-corrected chi connectivity index (χ0v) is 21.2. The molecule has 1 fully saturated rings. The lowest BCUT2D eigenvalue weighted by Gasteiger charge is -2.15. The van der Waals surface area contributed by atoms with Crippen LogP contribution in [-0.4, -0.2) is 46.4 Å². The van der Waals surface area contributed by atoms with Gasteiger partial charge in [0.15, 0.2) is 5.16 Å². The molecule has 2 amide bonds. The van der Waals surface area contributed by atoms with Crippen molar-refractivity contribution in [3.63, 3.8) is 0 Å². The number of nitrogens with zero attached hydrogens (tertiary/aromatic N) is 2. The minimum Gasteiger partial charge on any atom is -0.376 e. The zero-order chi connectivity index (χ0) is 27.1. The lowest BCUT2D eigenvalue weighted by atomic mass is 10.1. The van der Waals surface area contributed by atoms with Crippen LogP contribution in [0, 0.1) is 0 Å². The van der Waals surface area contributed by atoms with Crippen molar-refractivity contribution in [2.45, 2.75) is 49.7 Å². The second-order valence-corrected chi connectivity index (χ2v) is 9.73. The smallest absolute Gasteiger partial charge is 0.376 e. The number of ether oxygens (including phenoxy) is 1. The van der Waals surface area contributed by atoms with Crippen LogP contribution >= 0.6 is 11.8 Å². The first-order valence-corrected chi connectivity index (χ1v) is 13.2. The molecule has 2 heterocycles. The summed E-state index contributed by atoms with van der Waals surface area (Å²) in [5.41, 5.74) is -1.17. The fourth-order valence-electron chi connectivity index (χ4n) is 4.13. The molecule has 1 aromatic heterocycles. The Balaban J connectivity index is 1.43. The van der Waals surface area contributed by atoms with Crippen molar-refractivity contribution in [1.82, 2.24) is 14.9 Å². The van der Waals surface area contributed by atoms with Gasteiger partial charge in [0.2, 0.25) is 11.8 Å². The molecule has 4 rings (SSSR count). The molecule has 2 aromatic carbocycles. The number of aromatic nitrogens is 2. The SMILES string of the molecule is O=C(CCCn1c(SCC(=O)Nc2ccccc2C(F)(F)F)nc2ccccc2c1=O)NC[C@@H]1CCCO1. The summed E-state index contributed by atoms with van der Waals surface area (Å²) in [5, 5.41) is 5.77. The van der Waals surface area contributed by atoms with Crippen LogP contribution in [0.3, 0.4) is 0 Å². The van der Waals surface area contributed by atoms with Crippen molar-refractivity contribution in [3.8, 4) is 0 Å². The van der Waals surface area contributed by atoms with Gasteiger partial charge in [-0.3, -0.25) is 19.0 Å². The van der Waals surface area contributed by atoms with Crippen molar-refractivity contribution in [1.29, 1.82) is 0 Å². The van der Waals surface area contributed by atoms with E-state index in [1.807, 2.05) is 0 Å².